The summed E-state index contributed by atoms with van der Waals surface area (Å²) in [5, 5.41) is 4.93. The number of sulfonamides is 1. The fraction of sp³-hybridized carbons (Fsp3) is 0.417. The molecule has 0 aliphatic heterocycles. The van der Waals surface area contributed by atoms with Gasteiger partial charge < -0.3 is 4.90 Å². The summed E-state index contributed by atoms with van der Waals surface area (Å²) in [5.41, 5.74) is 0.0194. The Balaban J connectivity index is 3.40. The summed E-state index contributed by atoms with van der Waals surface area (Å²) in [6.07, 6.45) is 0.752. The molecule has 1 aromatic carbocycles. The molecule has 1 aromatic rings. The SMILES string of the molecule is CCC(C)N(C)C(=O)c1cc(Cl)cc(S(N)(=O)=O)c1Cl. The van der Waals surface area contributed by atoms with E-state index >= 15 is 0 Å². The predicted molar refractivity (Wildman–Crippen MR) is 79.7 cm³/mol. The van der Waals surface area contributed by atoms with Gasteiger partial charge in [-0.2, -0.15) is 0 Å². The molecule has 0 heterocycles. The number of primary sulfonamides is 1. The molecule has 1 atom stereocenters. The predicted octanol–water partition coefficient (Wildman–Crippen LogP) is 2.51. The molecule has 0 fully saturated rings. The molecular formula is C12H16Cl2N2O3S. The molecule has 1 amide bonds. The van der Waals surface area contributed by atoms with E-state index in [1.54, 1.807) is 7.05 Å². The number of carbonyl (C=O) groups excluding carboxylic acids is 1. The lowest BCUT2D eigenvalue weighted by Gasteiger charge is -2.24. The van der Waals surface area contributed by atoms with Gasteiger partial charge in [0.25, 0.3) is 5.91 Å². The van der Waals surface area contributed by atoms with Gasteiger partial charge in [0.05, 0.1) is 10.6 Å². The molecule has 0 saturated carbocycles. The fourth-order valence-electron chi connectivity index (χ4n) is 1.59. The quantitative estimate of drug-likeness (QED) is 0.915. The van der Waals surface area contributed by atoms with E-state index in [0.29, 0.717) is 0 Å². The maximum absolute atomic E-state index is 12.3. The van der Waals surface area contributed by atoms with Crippen LogP contribution < -0.4 is 5.14 Å². The average molecular weight is 339 g/mol. The van der Waals surface area contributed by atoms with Gasteiger partial charge in [-0.3, -0.25) is 4.79 Å². The van der Waals surface area contributed by atoms with Gasteiger partial charge in [-0.05, 0) is 25.5 Å². The second-order valence-corrected chi connectivity index (χ2v) is 6.83. The first-order chi connectivity index (χ1) is 9.09. The van der Waals surface area contributed by atoms with Crippen LogP contribution in [0.4, 0.5) is 0 Å². The lowest BCUT2D eigenvalue weighted by Crippen LogP contribution is -2.35. The zero-order valence-corrected chi connectivity index (χ0v) is 13.7. The van der Waals surface area contributed by atoms with Gasteiger partial charge in [0, 0.05) is 18.1 Å². The molecule has 5 nitrogen and oxygen atoms in total. The lowest BCUT2D eigenvalue weighted by molar-refractivity contribution is 0.0740. The van der Waals surface area contributed by atoms with Crippen molar-refractivity contribution >= 4 is 39.1 Å². The van der Waals surface area contributed by atoms with Crippen LogP contribution in [0.2, 0.25) is 10.0 Å². The molecule has 0 aliphatic rings. The number of nitrogens with zero attached hydrogens (tertiary/aromatic N) is 1. The molecule has 20 heavy (non-hydrogen) atoms. The first kappa shape index (κ1) is 17.2. The Hall–Kier alpha value is -0.820. The van der Waals surface area contributed by atoms with Crippen molar-refractivity contribution in [2.45, 2.75) is 31.2 Å². The Morgan fingerprint density at radius 1 is 1.40 bits per heavy atom. The Bertz CT molecular complexity index is 632. The first-order valence-electron chi connectivity index (χ1n) is 5.88. The molecule has 0 bridgehead atoms. The van der Waals surface area contributed by atoms with Crippen molar-refractivity contribution in [3.63, 3.8) is 0 Å². The Morgan fingerprint density at radius 3 is 2.40 bits per heavy atom. The summed E-state index contributed by atoms with van der Waals surface area (Å²) in [4.78, 5) is 13.5. The van der Waals surface area contributed by atoms with Crippen LogP contribution in [0.3, 0.4) is 0 Å². The highest BCUT2D eigenvalue weighted by atomic mass is 35.5. The summed E-state index contributed by atoms with van der Waals surface area (Å²) < 4.78 is 22.9. The van der Waals surface area contributed by atoms with E-state index in [2.05, 4.69) is 0 Å². The van der Waals surface area contributed by atoms with Gasteiger partial charge in [0.15, 0.2) is 0 Å². The molecule has 1 rings (SSSR count). The molecule has 8 heteroatoms. The van der Waals surface area contributed by atoms with Gasteiger partial charge in [0.2, 0.25) is 10.0 Å². The van der Waals surface area contributed by atoms with Crippen LogP contribution in [0.15, 0.2) is 17.0 Å². The normalized spacial score (nSPS) is 13.1. The van der Waals surface area contributed by atoms with E-state index in [9.17, 15) is 13.2 Å². The molecule has 1 unspecified atom stereocenters. The second kappa shape index (κ2) is 6.30. The summed E-state index contributed by atoms with van der Waals surface area (Å²) in [5.74, 6) is -0.406. The fourth-order valence-corrected chi connectivity index (χ4v) is 3.04. The van der Waals surface area contributed by atoms with Crippen molar-refractivity contribution in [3.8, 4) is 0 Å². The Kier molecular flexibility index (Phi) is 5.43. The number of carbonyl (C=O) groups is 1. The van der Waals surface area contributed by atoms with Crippen molar-refractivity contribution in [1.82, 2.24) is 4.90 Å². The number of amides is 1. The van der Waals surface area contributed by atoms with E-state index < -0.39 is 15.9 Å². The maximum atomic E-state index is 12.3. The van der Waals surface area contributed by atoms with Crippen LogP contribution in [-0.4, -0.2) is 32.3 Å². The lowest BCUT2D eigenvalue weighted by atomic mass is 10.1. The monoisotopic (exact) mass is 338 g/mol. The van der Waals surface area contributed by atoms with E-state index in [0.717, 1.165) is 12.5 Å². The van der Waals surface area contributed by atoms with Crippen molar-refractivity contribution in [1.29, 1.82) is 0 Å². The van der Waals surface area contributed by atoms with E-state index in [-0.39, 0.29) is 26.5 Å². The highest BCUT2D eigenvalue weighted by molar-refractivity contribution is 7.89. The van der Waals surface area contributed by atoms with Crippen molar-refractivity contribution in [2.75, 3.05) is 7.05 Å². The summed E-state index contributed by atoms with van der Waals surface area (Å²) in [7, 11) is -2.44. The largest absolute Gasteiger partial charge is 0.339 e. The van der Waals surface area contributed by atoms with Gasteiger partial charge in [-0.15, -0.1) is 0 Å². The van der Waals surface area contributed by atoms with Crippen LogP contribution in [0.1, 0.15) is 30.6 Å². The van der Waals surface area contributed by atoms with Crippen molar-refractivity contribution < 1.29 is 13.2 Å². The topological polar surface area (TPSA) is 80.5 Å². The zero-order valence-electron chi connectivity index (χ0n) is 11.4. The van der Waals surface area contributed by atoms with Gasteiger partial charge in [-0.25, -0.2) is 13.6 Å². The highest BCUT2D eigenvalue weighted by Gasteiger charge is 2.24. The third-order valence-corrected chi connectivity index (χ3v) is 4.79. The zero-order chi connectivity index (χ0) is 15.7. The molecular weight excluding hydrogens is 323 g/mol. The smallest absolute Gasteiger partial charge is 0.255 e. The third-order valence-electron chi connectivity index (χ3n) is 3.11. The number of benzene rings is 1. The minimum atomic E-state index is -4.05. The van der Waals surface area contributed by atoms with Crippen molar-refractivity contribution in [3.05, 3.63) is 27.7 Å². The second-order valence-electron chi connectivity index (χ2n) is 4.48. The molecule has 0 aliphatic carbocycles. The van der Waals surface area contributed by atoms with Crippen LogP contribution in [0.25, 0.3) is 0 Å². The van der Waals surface area contributed by atoms with Crippen LogP contribution in [-0.2, 0) is 10.0 Å². The van der Waals surface area contributed by atoms with Gasteiger partial charge in [-0.1, -0.05) is 30.1 Å². The van der Waals surface area contributed by atoms with E-state index in [4.69, 9.17) is 28.3 Å². The number of hydrogen-bond donors (Lipinski definition) is 1. The minimum absolute atomic E-state index is 0.0181. The number of hydrogen-bond acceptors (Lipinski definition) is 3. The number of halogens is 2. The number of nitrogens with two attached hydrogens (primary N) is 1. The first-order valence-corrected chi connectivity index (χ1v) is 8.18. The summed E-state index contributed by atoms with van der Waals surface area (Å²) >= 11 is 11.8. The molecule has 0 saturated heterocycles. The summed E-state index contributed by atoms with van der Waals surface area (Å²) in [6.45, 7) is 3.81. The number of rotatable bonds is 4. The molecule has 112 valence electrons. The molecule has 2 N–H and O–H groups in total. The Labute approximate surface area is 128 Å². The molecule has 0 aromatic heterocycles. The maximum Gasteiger partial charge on any atom is 0.255 e. The van der Waals surface area contributed by atoms with Gasteiger partial charge in [0.1, 0.15) is 4.90 Å². The Morgan fingerprint density at radius 2 is 1.95 bits per heavy atom. The average Bonchev–Trinajstić information content (AvgIpc) is 2.37. The standard InChI is InChI=1S/C12H16Cl2N2O3S/c1-4-7(2)16(3)12(17)9-5-8(13)6-10(11(9)14)20(15,18)19/h5-7H,4H2,1-3H3,(H2,15,18,19). The third kappa shape index (κ3) is 3.63. The highest BCUT2D eigenvalue weighted by Crippen LogP contribution is 2.29. The minimum Gasteiger partial charge on any atom is -0.339 e. The van der Waals surface area contributed by atoms with Crippen LogP contribution in [0, 0.1) is 0 Å². The van der Waals surface area contributed by atoms with Gasteiger partial charge >= 0.3 is 0 Å². The van der Waals surface area contributed by atoms with Crippen LogP contribution in [0.5, 0.6) is 0 Å². The van der Waals surface area contributed by atoms with Crippen LogP contribution >= 0.6 is 23.2 Å². The van der Waals surface area contributed by atoms with E-state index in [1.807, 2.05) is 13.8 Å². The molecule has 0 spiro atoms. The summed E-state index contributed by atoms with van der Waals surface area (Å²) in [6, 6.07) is 2.44. The molecule has 0 radical (unpaired) electrons. The van der Waals surface area contributed by atoms with Crippen molar-refractivity contribution in [2.24, 2.45) is 5.14 Å². The van der Waals surface area contributed by atoms with E-state index in [1.165, 1.54) is 11.0 Å².